The molecule has 22 heavy (non-hydrogen) atoms. The Morgan fingerprint density at radius 3 is 2.55 bits per heavy atom. The molecule has 3 rings (SSSR count). The SMILES string of the molecule is O=C1CSC(c2ccc(Cl)cc2Cl)N1c1ccc(F)c(Cl)c1. The highest BCUT2D eigenvalue weighted by atomic mass is 35.5. The summed E-state index contributed by atoms with van der Waals surface area (Å²) in [7, 11) is 0. The first kappa shape index (κ1) is 15.9. The van der Waals surface area contributed by atoms with Crippen LogP contribution in [-0.4, -0.2) is 11.7 Å². The molecule has 1 atom stereocenters. The van der Waals surface area contributed by atoms with Gasteiger partial charge in [0.05, 0.1) is 10.8 Å². The Labute approximate surface area is 146 Å². The molecule has 0 bridgehead atoms. The van der Waals surface area contributed by atoms with Gasteiger partial charge in [0.2, 0.25) is 5.91 Å². The minimum atomic E-state index is -0.522. The molecule has 1 fully saturated rings. The van der Waals surface area contributed by atoms with Crippen molar-refractivity contribution in [1.82, 2.24) is 0 Å². The molecular weight excluding hydrogens is 368 g/mol. The number of anilines is 1. The van der Waals surface area contributed by atoms with Crippen molar-refractivity contribution in [2.24, 2.45) is 0 Å². The molecule has 114 valence electrons. The molecule has 1 heterocycles. The molecule has 1 unspecified atom stereocenters. The summed E-state index contributed by atoms with van der Waals surface area (Å²) in [5.74, 6) is -0.284. The van der Waals surface area contributed by atoms with Crippen LogP contribution in [0, 0.1) is 5.82 Å². The van der Waals surface area contributed by atoms with Gasteiger partial charge in [-0.1, -0.05) is 40.9 Å². The zero-order chi connectivity index (χ0) is 15.9. The quantitative estimate of drug-likeness (QED) is 0.683. The molecule has 0 spiro atoms. The van der Waals surface area contributed by atoms with Crippen molar-refractivity contribution in [1.29, 1.82) is 0 Å². The molecule has 7 heteroatoms. The van der Waals surface area contributed by atoms with Gasteiger partial charge in [0.15, 0.2) is 0 Å². The Morgan fingerprint density at radius 2 is 1.86 bits per heavy atom. The third-order valence-corrected chi connectivity index (χ3v) is 5.32. The maximum atomic E-state index is 13.3. The fourth-order valence-electron chi connectivity index (χ4n) is 2.27. The lowest BCUT2D eigenvalue weighted by molar-refractivity contribution is -0.115. The second-order valence-corrected chi connectivity index (χ2v) is 7.01. The van der Waals surface area contributed by atoms with E-state index in [0.717, 1.165) is 5.56 Å². The Kier molecular flexibility index (Phi) is 4.55. The Hall–Kier alpha value is -0.940. The summed E-state index contributed by atoms with van der Waals surface area (Å²) >= 11 is 19.4. The van der Waals surface area contributed by atoms with E-state index >= 15 is 0 Å². The summed E-state index contributed by atoms with van der Waals surface area (Å²) in [5, 5.41) is 0.694. The molecule has 2 aromatic carbocycles. The van der Waals surface area contributed by atoms with Crippen molar-refractivity contribution >= 4 is 58.2 Å². The van der Waals surface area contributed by atoms with Gasteiger partial charge < -0.3 is 0 Å². The largest absolute Gasteiger partial charge is 0.295 e. The van der Waals surface area contributed by atoms with Gasteiger partial charge in [-0.15, -0.1) is 11.8 Å². The topological polar surface area (TPSA) is 20.3 Å². The van der Waals surface area contributed by atoms with Crippen LogP contribution in [0.3, 0.4) is 0 Å². The monoisotopic (exact) mass is 375 g/mol. The van der Waals surface area contributed by atoms with E-state index in [9.17, 15) is 9.18 Å². The van der Waals surface area contributed by atoms with Gasteiger partial charge in [0.1, 0.15) is 11.2 Å². The second-order valence-electron chi connectivity index (χ2n) is 4.69. The average Bonchev–Trinajstić information content (AvgIpc) is 2.84. The lowest BCUT2D eigenvalue weighted by Crippen LogP contribution is -2.28. The lowest BCUT2D eigenvalue weighted by Gasteiger charge is -2.25. The van der Waals surface area contributed by atoms with Crippen LogP contribution in [0.5, 0.6) is 0 Å². The van der Waals surface area contributed by atoms with Gasteiger partial charge in [-0.2, -0.15) is 0 Å². The Balaban J connectivity index is 2.03. The van der Waals surface area contributed by atoms with Gasteiger partial charge >= 0.3 is 0 Å². The Bertz CT molecular complexity index is 756. The minimum absolute atomic E-state index is 0.0249. The van der Waals surface area contributed by atoms with E-state index in [-0.39, 0.29) is 16.3 Å². The summed E-state index contributed by atoms with van der Waals surface area (Å²) in [6.07, 6.45) is 0. The van der Waals surface area contributed by atoms with Gasteiger partial charge in [-0.05, 0) is 30.3 Å². The van der Waals surface area contributed by atoms with Crippen LogP contribution in [0.25, 0.3) is 0 Å². The van der Waals surface area contributed by atoms with Gasteiger partial charge in [-0.25, -0.2) is 4.39 Å². The predicted molar refractivity (Wildman–Crippen MR) is 90.6 cm³/mol. The van der Waals surface area contributed by atoms with E-state index < -0.39 is 5.82 Å². The third-order valence-electron chi connectivity index (χ3n) is 3.28. The first-order chi connectivity index (χ1) is 10.5. The standard InChI is InChI=1S/C15H9Cl3FNOS/c16-8-1-3-10(11(17)5-8)15-20(14(21)7-22-15)9-2-4-13(19)12(18)6-9/h1-6,15H,7H2. The fraction of sp³-hybridized carbons (Fsp3) is 0.133. The highest BCUT2D eigenvalue weighted by Gasteiger charge is 2.35. The molecule has 2 aromatic rings. The molecular formula is C15H9Cl3FNOS. The molecule has 0 aliphatic carbocycles. The molecule has 1 amide bonds. The van der Waals surface area contributed by atoms with Crippen LogP contribution in [0.1, 0.15) is 10.9 Å². The van der Waals surface area contributed by atoms with Crippen LogP contribution in [0.2, 0.25) is 15.1 Å². The van der Waals surface area contributed by atoms with Crippen molar-refractivity contribution in [3.63, 3.8) is 0 Å². The maximum Gasteiger partial charge on any atom is 0.238 e. The number of rotatable bonds is 2. The van der Waals surface area contributed by atoms with Gasteiger partial charge in [0.25, 0.3) is 0 Å². The molecule has 0 saturated carbocycles. The van der Waals surface area contributed by atoms with Crippen molar-refractivity contribution in [2.75, 3.05) is 10.7 Å². The van der Waals surface area contributed by atoms with Gasteiger partial charge in [-0.3, -0.25) is 9.69 Å². The van der Waals surface area contributed by atoms with E-state index in [2.05, 4.69) is 0 Å². The van der Waals surface area contributed by atoms with Crippen molar-refractivity contribution < 1.29 is 9.18 Å². The number of nitrogens with zero attached hydrogens (tertiary/aromatic N) is 1. The third kappa shape index (κ3) is 2.93. The number of hydrogen-bond acceptors (Lipinski definition) is 2. The smallest absolute Gasteiger partial charge is 0.238 e. The highest BCUT2D eigenvalue weighted by molar-refractivity contribution is 8.00. The van der Waals surface area contributed by atoms with E-state index in [1.807, 2.05) is 0 Å². The van der Waals surface area contributed by atoms with Crippen molar-refractivity contribution in [2.45, 2.75) is 5.37 Å². The first-order valence-corrected chi connectivity index (χ1v) is 8.49. The van der Waals surface area contributed by atoms with E-state index in [1.54, 1.807) is 23.1 Å². The number of carbonyl (C=O) groups excluding carboxylic acids is 1. The van der Waals surface area contributed by atoms with Crippen LogP contribution < -0.4 is 4.90 Å². The van der Waals surface area contributed by atoms with E-state index in [0.29, 0.717) is 21.5 Å². The summed E-state index contributed by atoms with van der Waals surface area (Å²) in [5.41, 5.74) is 1.32. The zero-order valence-corrected chi connectivity index (χ0v) is 14.1. The predicted octanol–water partition coefficient (Wildman–Crippen LogP) is 5.56. The van der Waals surface area contributed by atoms with Crippen molar-refractivity contribution in [3.05, 3.63) is 62.8 Å². The van der Waals surface area contributed by atoms with Crippen LogP contribution in [0.15, 0.2) is 36.4 Å². The molecule has 1 aliphatic heterocycles. The summed E-state index contributed by atoms with van der Waals surface area (Å²) < 4.78 is 13.3. The number of thioether (sulfide) groups is 1. The minimum Gasteiger partial charge on any atom is -0.295 e. The van der Waals surface area contributed by atoms with Crippen molar-refractivity contribution in [3.8, 4) is 0 Å². The number of halogens is 4. The van der Waals surface area contributed by atoms with Crippen LogP contribution >= 0.6 is 46.6 Å². The van der Waals surface area contributed by atoms with Gasteiger partial charge in [0, 0.05) is 21.3 Å². The first-order valence-electron chi connectivity index (χ1n) is 6.31. The molecule has 0 radical (unpaired) electrons. The highest BCUT2D eigenvalue weighted by Crippen LogP contribution is 2.44. The summed E-state index contributed by atoms with van der Waals surface area (Å²) in [6.45, 7) is 0. The molecule has 1 saturated heterocycles. The summed E-state index contributed by atoms with van der Waals surface area (Å²) in [6, 6.07) is 9.37. The molecule has 1 aliphatic rings. The zero-order valence-electron chi connectivity index (χ0n) is 11.0. The molecule has 2 nitrogen and oxygen atoms in total. The number of carbonyl (C=O) groups is 1. The van der Waals surface area contributed by atoms with Crippen LogP contribution in [0.4, 0.5) is 10.1 Å². The lowest BCUT2D eigenvalue weighted by atomic mass is 10.2. The fourth-order valence-corrected chi connectivity index (χ4v) is 4.23. The average molecular weight is 377 g/mol. The Morgan fingerprint density at radius 1 is 1.09 bits per heavy atom. The number of hydrogen-bond donors (Lipinski definition) is 0. The molecule has 0 N–H and O–H groups in total. The maximum absolute atomic E-state index is 13.3. The van der Waals surface area contributed by atoms with E-state index in [1.165, 1.54) is 30.0 Å². The number of amides is 1. The van der Waals surface area contributed by atoms with E-state index in [4.69, 9.17) is 34.8 Å². The second kappa shape index (κ2) is 6.28. The normalized spacial score (nSPS) is 18.1. The molecule has 0 aromatic heterocycles. The summed E-state index contributed by atoms with van der Waals surface area (Å²) in [4.78, 5) is 13.8. The van der Waals surface area contributed by atoms with Crippen LogP contribution in [-0.2, 0) is 4.79 Å². The number of benzene rings is 2.